The van der Waals surface area contributed by atoms with E-state index < -0.39 is 5.97 Å². The normalized spacial score (nSPS) is 10.3. The number of rotatable bonds is 5. The van der Waals surface area contributed by atoms with Crippen molar-refractivity contribution >= 4 is 17.6 Å². The molecule has 136 valence electrons. The lowest BCUT2D eigenvalue weighted by molar-refractivity contribution is -0.119. The van der Waals surface area contributed by atoms with Crippen LogP contribution < -0.4 is 5.32 Å². The van der Waals surface area contributed by atoms with Gasteiger partial charge in [0.05, 0.1) is 5.56 Å². The fraction of sp³-hybridized carbons (Fsp3) is 0.130. The summed E-state index contributed by atoms with van der Waals surface area (Å²) in [5.41, 5.74) is 5.18. The van der Waals surface area contributed by atoms with Crippen molar-refractivity contribution in [2.75, 3.05) is 11.9 Å². The number of nitrogens with one attached hydrogen (secondary N) is 1. The molecule has 0 aliphatic rings. The van der Waals surface area contributed by atoms with Gasteiger partial charge in [0, 0.05) is 5.69 Å². The summed E-state index contributed by atoms with van der Waals surface area (Å²) in [4.78, 5) is 24.3. The number of para-hydroxylation sites is 1. The van der Waals surface area contributed by atoms with Gasteiger partial charge < -0.3 is 10.1 Å². The molecule has 0 radical (unpaired) electrons. The van der Waals surface area contributed by atoms with E-state index in [9.17, 15) is 9.59 Å². The highest BCUT2D eigenvalue weighted by Crippen LogP contribution is 2.20. The summed E-state index contributed by atoms with van der Waals surface area (Å²) in [5, 5.41) is 2.80. The van der Waals surface area contributed by atoms with Crippen molar-refractivity contribution in [3.8, 4) is 11.1 Å². The highest BCUT2D eigenvalue weighted by molar-refractivity contribution is 5.96. The third kappa shape index (κ3) is 4.61. The lowest BCUT2D eigenvalue weighted by Crippen LogP contribution is -2.21. The van der Waals surface area contributed by atoms with Gasteiger partial charge in [0.2, 0.25) is 0 Å². The summed E-state index contributed by atoms with van der Waals surface area (Å²) in [5.74, 6) is -0.882. The van der Waals surface area contributed by atoms with Crippen LogP contribution in [0.1, 0.15) is 21.5 Å². The minimum atomic E-state index is -0.522. The van der Waals surface area contributed by atoms with Crippen molar-refractivity contribution in [2.45, 2.75) is 13.8 Å². The molecule has 0 spiro atoms. The largest absolute Gasteiger partial charge is 0.452 e. The molecule has 0 saturated heterocycles. The van der Waals surface area contributed by atoms with Gasteiger partial charge in [-0.15, -0.1) is 0 Å². The standard InChI is InChI=1S/C23H21NO3/c1-16-7-6-8-17(2)22(16)24-21(25)15-27-23(26)20-13-11-19(12-14-20)18-9-4-3-5-10-18/h3-14H,15H2,1-2H3,(H,24,25). The van der Waals surface area contributed by atoms with Crippen LogP contribution in [0.3, 0.4) is 0 Å². The van der Waals surface area contributed by atoms with Crippen LogP contribution in [-0.2, 0) is 9.53 Å². The molecule has 0 unspecified atom stereocenters. The average molecular weight is 359 g/mol. The fourth-order valence-corrected chi connectivity index (χ4v) is 2.83. The monoisotopic (exact) mass is 359 g/mol. The Morgan fingerprint density at radius 1 is 0.778 bits per heavy atom. The maximum atomic E-state index is 12.2. The van der Waals surface area contributed by atoms with Crippen LogP contribution in [0.2, 0.25) is 0 Å². The van der Waals surface area contributed by atoms with Crippen LogP contribution in [0.5, 0.6) is 0 Å². The van der Waals surface area contributed by atoms with Crippen LogP contribution >= 0.6 is 0 Å². The molecule has 0 aliphatic heterocycles. The molecule has 0 aromatic heterocycles. The second-order valence-electron chi connectivity index (χ2n) is 6.33. The summed E-state index contributed by atoms with van der Waals surface area (Å²) >= 11 is 0. The lowest BCUT2D eigenvalue weighted by atomic mass is 10.0. The van der Waals surface area contributed by atoms with E-state index in [2.05, 4.69) is 5.32 Å². The van der Waals surface area contributed by atoms with Gasteiger partial charge in [-0.25, -0.2) is 4.79 Å². The Balaban J connectivity index is 1.58. The summed E-state index contributed by atoms with van der Waals surface area (Å²) in [7, 11) is 0. The predicted octanol–water partition coefficient (Wildman–Crippen LogP) is 4.77. The summed E-state index contributed by atoms with van der Waals surface area (Å²) in [6.45, 7) is 3.51. The summed E-state index contributed by atoms with van der Waals surface area (Å²) < 4.78 is 5.14. The molecule has 0 atom stereocenters. The minimum Gasteiger partial charge on any atom is -0.452 e. The highest BCUT2D eigenvalue weighted by Gasteiger charge is 2.12. The number of benzene rings is 3. The van der Waals surface area contributed by atoms with E-state index in [-0.39, 0.29) is 12.5 Å². The first-order chi connectivity index (χ1) is 13.0. The van der Waals surface area contributed by atoms with Crippen LogP contribution in [-0.4, -0.2) is 18.5 Å². The zero-order chi connectivity index (χ0) is 19.2. The molecule has 0 aliphatic carbocycles. The van der Waals surface area contributed by atoms with Gasteiger partial charge >= 0.3 is 5.97 Å². The number of ether oxygens (including phenoxy) is 1. The van der Waals surface area contributed by atoms with Crippen LogP contribution in [0.25, 0.3) is 11.1 Å². The highest BCUT2D eigenvalue weighted by atomic mass is 16.5. The molecule has 3 aromatic rings. The maximum absolute atomic E-state index is 12.2. The smallest absolute Gasteiger partial charge is 0.338 e. The zero-order valence-corrected chi connectivity index (χ0v) is 15.4. The molecule has 4 nitrogen and oxygen atoms in total. The number of carbonyl (C=O) groups is 2. The number of hydrogen-bond donors (Lipinski definition) is 1. The van der Waals surface area contributed by atoms with Gasteiger partial charge in [0.25, 0.3) is 5.91 Å². The van der Waals surface area contributed by atoms with E-state index in [0.717, 1.165) is 27.9 Å². The predicted molar refractivity (Wildman–Crippen MR) is 107 cm³/mol. The van der Waals surface area contributed by atoms with Crippen molar-refractivity contribution in [3.63, 3.8) is 0 Å². The van der Waals surface area contributed by atoms with E-state index in [0.29, 0.717) is 5.56 Å². The first-order valence-corrected chi connectivity index (χ1v) is 8.73. The first-order valence-electron chi connectivity index (χ1n) is 8.73. The average Bonchev–Trinajstić information content (AvgIpc) is 2.70. The Labute approximate surface area is 158 Å². The van der Waals surface area contributed by atoms with Gasteiger partial charge in [0.1, 0.15) is 0 Å². The second kappa shape index (κ2) is 8.32. The topological polar surface area (TPSA) is 55.4 Å². The fourth-order valence-electron chi connectivity index (χ4n) is 2.83. The molecular weight excluding hydrogens is 338 g/mol. The Bertz CT molecular complexity index is 927. The minimum absolute atomic E-state index is 0.326. The lowest BCUT2D eigenvalue weighted by Gasteiger charge is -2.11. The van der Waals surface area contributed by atoms with E-state index in [1.54, 1.807) is 12.1 Å². The quantitative estimate of drug-likeness (QED) is 0.668. The van der Waals surface area contributed by atoms with E-state index >= 15 is 0 Å². The summed E-state index contributed by atoms with van der Waals surface area (Å²) in [6.07, 6.45) is 0. The molecule has 1 N–H and O–H groups in total. The van der Waals surface area contributed by atoms with Crippen LogP contribution in [0.4, 0.5) is 5.69 Å². The molecule has 27 heavy (non-hydrogen) atoms. The van der Waals surface area contributed by atoms with Crippen molar-refractivity contribution < 1.29 is 14.3 Å². The third-order valence-electron chi connectivity index (χ3n) is 4.31. The number of aryl methyl sites for hydroxylation is 2. The van der Waals surface area contributed by atoms with Gasteiger partial charge in [0.15, 0.2) is 6.61 Å². The summed E-state index contributed by atoms with van der Waals surface area (Å²) in [6, 6.07) is 22.8. The Morgan fingerprint density at radius 2 is 1.37 bits per heavy atom. The first kappa shape index (κ1) is 18.4. The molecule has 3 aromatic carbocycles. The van der Waals surface area contributed by atoms with Crippen molar-refractivity contribution in [3.05, 3.63) is 89.5 Å². The second-order valence-corrected chi connectivity index (χ2v) is 6.33. The Hall–Kier alpha value is -3.40. The van der Waals surface area contributed by atoms with Crippen molar-refractivity contribution in [2.24, 2.45) is 0 Å². The molecular formula is C23H21NO3. The van der Waals surface area contributed by atoms with E-state index in [1.165, 1.54) is 0 Å². The van der Waals surface area contributed by atoms with E-state index in [4.69, 9.17) is 4.74 Å². The Kier molecular flexibility index (Phi) is 5.67. The molecule has 0 heterocycles. The molecule has 4 heteroatoms. The molecule has 0 fully saturated rings. The van der Waals surface area contributed by atoms with Crippen molar-refractivity contribution in [1.29, 1.82) is 0 Å². The Morgan fingerprint density at radius 3 is 2.00 bits per heavy atom. The van der Waals surface area contributed by atoms with Gasteiger partial charge in [-0.3, -0.25) is 4.79 Å². The number of anilines is 1. The van der Waals surface area contributed by atoms with Gasteiger partial charge in [-0.05, 0) is 48.2 Å². The SMILES string of the molecule is Cc1cccc(C)c1NC(=O)COC(=O)c1ccc(-c2ccccc2)cc1. The third-order valence-corrected chi connectivity index (χ3v) is 4.31. The number of amides is 1. The molecule has 0 saturated carbocycles. The maximum Gasteiger partial charge on any atom is 0.338 e. The molecule has 3 rings (SSSR count). The number of hydrogen-bond acceptors (Lipinski definition) is 3. The van der Waals surface area contributed by atoms with Gasteiger partial charge in [-0.2, -0.15) is 0 Å². The van der Waals surface area contributed by atoms with Crippen LogP contribution in [0, 0.1) is 13.8 Å². The molecule has 0 bridgehead atoms. The zero-order valence-electron chi connectivity index (χ0n) is 15.4. The molecule has 1 amide bonds. The van der Waals surface area contributed by atoms with Gasteiger partial charge in [-0.1, -0.05) is 60.7 Å². The number of carbonyl (C=O) groups excluding carboxylic acids is 2. The van der Waals surface area contributed by atoms with E-state index in [1.807, 2.05) is 74.5 Å². The van der Waals surface area contributed by atoms with Crippen molar-refractivity contribution in [1.82, 2.24) is 0 Å². The van der Waals surface area contributed by atoms with Crippen LogP contribution in [0.15, 0.2) is 72.8 Å². The number of esters is 1.